The smallest absolute Gasteiger partial charge is 0.274 e. The van der Waals surface area contributed by atoms with Gasteiger partial charge in [-0.25, -0.2) is 18.6 Å². The number of hydroxylamine groups is 2. The van der Waals surface area contributed by atoms with Crippen molar-refractivity contribution in [3.05, 3.63) is 28.2 Å². The Morgan fingerprint density at radius 2 is 2.06 bits per heavy atom. The molecule has 1 amide bonds. The van der Waals surface area contributed by atoms with Crippen LogP contribution in [0.3, 0.4) is 0 Å². The number of benzene rings is 1. The van der Waals surface area contributed by atoms with Crippen LogP contribution < -0.4 is 5.14 Å². The predicted octanol–water partition coefficient (Wildman–Crippen LogP) is 0.730. The zero-order valence-electron chi connectivity index (χ0n) is 9.18. The van der Waals surface area contributed by atoms with Crippen molar-refractivity contribution >= 4 is 31.9 Å². The van der Waals surface area contributed by atoms with Gasteiger partial charge >= 0.3 is 0 Å². The minimum Gasteiger partial charge on any atom is -0.274 e. The van der Waals surface area contributed by atoms with E-state index < -0.39 is 15.9 Å². The van der Waals surface area contributed by atoms with Gasteiger partial charge in [0.25, 0.3) is 5.91 Å². The zero-order valence-corrected chi connectivity index (χ0v) is 11.6. The zero-order chi connectivity index (χ0) is 13.2. The SMILES string of the molecule is CON(C)C(=O)c1cc(S(N)(=O)=O)ccc1Br. The average molecular weight is 323 g/mol. The third-order valence-electron chi connectivity index (χ3n) is 2.06. The first-order valence-corrected chi connectivity index (χ1v) is 6.76. The van der Waals surface area contributed by atoms with Gasteiger partial charge in [0, 0.05) is 11.5 Å². The normalized spacial score (nSPS) is 11.3. The Labute approximate surface area is 107 Å². The Hall–Kier alpha value is -0.960. The molecule has 0 unspecified atom stereocenters. The number of halogens is 1. The summed E-state index contributed by atoms with van der Waals surface area (Å²) in [5, 5.41) is 5.96. The molecular weight excluding hydrogens is 312 g/mol. The molecule has 0 aliphatic heterocycles. The molecule has 0 aliphatic carbocycles. The second-order valence-corrected chi connectivity index (χ2v) is 5.59. The highest BCUT2D eigenvalue weighted by Crippen LogP contribution is 2.21. The summed E-state index contributed by atoms with van der Waals surface area (Å²) in [6.45, 7) is 0. The van der Waals surface area contributed by atoms with E-state index >= 15 is 0 Å². The lowest BCUT2D eigenvalue weighted by Crippen LogP contribution is -2.26. The maximum atomic E-state index is 11.8. The molecule has 0 atom stereocenters. The Morgan fingerprint density at radius 3 is 2.53 bits per heavy atom. The van der Waals surface area contributed by atoms with Crippen LogP contribution in [-0.4, -0.2) is 33.5 Å². The number of nitrogens with zero attached hydrogens (tertiary/aromatic N) is 1. The summed E-state index contributed by atoms with van der Waals surface area (Å²) in [6.07, 6.45) is 0. The molecule has 0 aliphatic rings. The molecule has 1 aromatic rings. The Bertz CT molecular complexity index is 544. The topological polar surface area (TPSA) is 89.7 Å². The quantitative estimate of drug-likeness (QED) is 0.831. The lowest BCUT2D eigenvalue weighted by Gasteiger charge is -2.15. The number of carbonyl (C=O) groups is 1. The molecule has 0 aromatic heterocycles. The Morgan fingerprint density at radius 1 is 1.47 bits per heavy atom. The lowest BCUT2D eigenvalue weighted by molar-refractivity contribution is -0.0757. The summed E-state index contributed by atoms with van der Waals surface area (Å²) in [4.78, 5) is 16.4. The van der Waals surface area contributed by atoms with Gasteiger partial charge in [0.2, 0.25) is 10.0 Å². The van der Waals surface area contributed by atoms with E-state index in [1.54, 1.807) is 0 Å². The van der Waals surface area contributed by atoms with Crippen LogP contribution in [0.4, 0.5) is 0 Å². The molecule has 1 aromatic carbocycles. The maximum absolute atomic E-state index is 11.8. The molecule has 1 rings (SSSR count). The van der Waals surface area contributed by atoms with E-state index in [9.17, 15) is 13.2 Å². The van der Waals surface area contributed by atoms with Gasteiger partial charge in [-0.15, -0.1) is 0 Å². The van der Waals surface area contributed by atoms with Crippen molar-refractivity contribution in [3.8, 4) is 0 Å². The largest absolute Gasteiger partial charge is 0.278 e. The van der Waals surface area contributed by atoms with Crippen molar-refractivity contribution in [2.45, 2.75) is 4.90 Å². The van der Waals surface area contributed by atoms with Gasteiger partial charge in [0.1, 0.15) is 0 Å². The van der Waals surface area contributed by atoms with Gasteiger partial charge in [-0.2, -0.15) is 0 Å². The molecule has 6 nitrogen and oxygen atoms in total. The molecule has 17 heavy (non-hydrogen) atoms. The second-order valence-electron chi connectivity index (χ2n) is 3.17. The molecule has 0 fully saturated rings. The fourth-order valence-electron chi connectivity index (χ4n) is 1.10. The van der Waals surface area contributed by atoms with Crippen molar-refractivity contribution in [2.24, 2.45) is 5.14 Å². The molecule has 0 saturated carbocycles. The van der Waals surface area contributed by atoms with Crippen LogP contribution in [0.2, 0.25) is 0 Å². The van der Waals surface area contributed by atoms with Gasteiger partial charge in [-0.05, 0) is 34.1 Å². The van der Waals surface area contributed by atoms with E-state index in [-0.39, 0.29) is 10.5 Å². The second kappa shape index (κ2) is 5.13. The highest BCUT2D eigenvalue weighted by atomic mass is 79.9. The number of carbonyl (C=O) groups excluding carboxylic acids is 1. The standard InChI is InChI=1S/C9H11BrN2O4S/c1-12(16-2)9(13)7-5-6(17(11,14)15)3-4-8(7)10/h3-5H,1-2H3,(H2,11,14,15). The van der Waals surface area contributed by atoms with Crippen LogP contribution in [0.25, 0.3) is 0 Å². The van der Waals surface area contributed by atoms with Crippen LogP contribution >= 0.6 is 15.9 Å². The van der Waals surface area contributed by atoms with E-state index in [2.05, 4.69) is 15.9 Å². The van der Waals surface area contributed by atoms with Gasteiger partial charge in [-0.3, -0.25) is 9.63 Å². The Balaban J connectivity index is 3.30. The highest BCUT2D eigenvalue weighted by Gasteiger charge is 2.18. The summed E-state index contributed by atoms with van der Waals surface area (Å²) in [6, 6.07) is 3.94. The number of rotatable bonds is 3. The number of hydrogen-bond acceptors (Lipinski definition) is 4. The average Bonchev–Trinajstić information content (AvgIpc) is 2.26. The van der Waals surface area contributed by atoms with Gasteiger partial charge in [-0.1, -0.05) is 0 Å². The number of nitrogens with two attached hydrogens (primary N) is 1. The Kier molecular flexibility index (Phi) is 4.26. The summed E-state index contributed by atoms with van der Waals surface area (Å²) >= 11 is 3.16. The number of hydrogen-bond donors (Lipinski definition) is 1. The van der Waals surface area contributed by atoms with E-state index in [0.29, 0.717) is 4.47 Å². The number of sulfonamides is 1. The van der Waals surface area contributed by atoms with Crippen molar-refractivity contribution in [1.82, 2.24) is 5.06 Å². The molecule has 0 radical (unpaired) electrons. The van der Waals surface area contributed by atoms with Crippen LogP contribution in [0.5, 0.6) is 0 Å². The van der Waals surface area contributed by atoms with Crippen molar-refractivity contribution < 1.29 is 18.0 Å². The molecule has 0 heterocycles. The van der Waals surface area contributed by atoms with Gasteiger partial charge < -0.3 is 0 Å². The molecule has 0 spiro atoms. The third-order valence-corrected chi connectivity index (χ3v) is 3.66. The fraction of sp³-hybridized carbons (Fsp3) is 0.222. The highest BCUT2D eigenvalue weighted by molar-refractivity contribution is 9.10. The minimum atomic E-state index is -3.84. The summed E-state index contributed by atoms with van der Waals surface area (Å²) < 4.78 is 22.8. The van der Waals surface area contributed by atoms with Crippen LogP contribution in [0, 0.1) is 0 Å². The summed E-state index contributed by atoms with van der Waals surface area (Å²) in [5.41, 5.74) is 0.154. The molecule has 8 heteroatoms. The number of amides is 1. The number of primary sulfonamides is 1. The summed E-state index contributed by atoms with van der Waals surface area (Å²) in [5.74, 6) is -0.482. The first-order valence-electron chi connectivity index (χ1n) is 4.42. The van der Waals surface area contributed by atoms with Gasteiger partial charge in [0.05, 0.1) is 17.6 Å². The van der Waals surface area contributed by atoms with Crippen LogP contribution in [0.1, 0.15) is 10.4 Å². The first-order chi connectivity index (χ1) is 7.77. The van der Waals surface area contributed by atoms with Crippen LogP contribution in [0.15, 0.2) is 27.6 Å². The minimum absolute atomic E-state index is 0.131. The monoisotopic (exact) mass is 322 g/mol. The van der Waals surface area contributed by atoms with E-state index in [4.69, 9.17) is 9.98 Å². The van der Waals surface area contributed by atoms with Crippen molar-refractivity contribution in [2.75, 3.05) is 14.2 Å². The lowest BCUT2D eigenvalue weighted by atomic mass is 10.2. The molecule has 2 N–H and O–H groups in total. The van der Waals surface area contributed by atoms with Gasteiger partial charge in [0.15, 0.2) is 0 Å². The third kappa shape index (κ3) is 3.25. The van der Waals surface area contributed by atoms with E-state index in [1.165, 1.54) is 32.4 Å². The maximum Gasteiger partial charge on any atom is 0.278 e. The predicted molar refractivity (Wildman–Crippen MR) is 64.6 cm³/mol. The molecule has 0 bridgehead atoms. The molecule has 94 valence electrons. The van der Waals surface area contributed by atoms with Crippen molar-refractivity contribution in [1.29, 1.82) is 0 Å². The fourth-order valence-corrected chi connectivity index (χ4v) is 2.05. The first kappa shape index (κ1) is 14.1. The van der Waals surface area contributed by atoms with E-state index in [1.807, 2.05) is 0 Å². The summed E-state index contributed by atoms with van der Waals surface area (Å²) in [7, 11) is -1.10. The molecule has 0 saturated heterocycles. The van der Waals surface area contributed by atoms with Crippen LogP contribution in [-0.2, 0) is 14.9 Å². The van der Waals surface area contributed by atoms with E-state index in [0.717, 1.165) is 5.06 Å². The van der Waals surface area contributed by atoms with Crippen molar-refractivity contribution in [3.63, 3.8) is 0 Å². The molecular formula is C9H11BrN2O4S.